The predicted octanol–water partition coefficient (Wildman–Crippen LogP) is 5.04. The summed E-state index contributed by atoms with van der Waals surface area (Å²) >= 11 is 3.63. The van der Waals surface area contributed by atoms with E-state index >= 15 is 0 Å². The number of ether oxygens (including phenoxy) is 1. The minimum absolute atomic E-state index is 0.0357. The maximum Gasteiger partial charge on any atom is 0.410 e. The van der Waals surface area contributed by atoms with Crippen LogP contribution in [0.25, 0.3) is 21.9 Å². The maximum absolute atomic E-state index is 12.6. The highest BCUT2D eigenvalue weighted by atomic mass is 79.9. The molecule has 4 heterocycles. The summed E-state index contributed by atoms with van der Waals surface area (Å²) in [6, 6.07) is 6.65. The van der Waals surface area contributed by atoms with Gasteiger partial charge in [0.2, 0.25) is 0 Å². The number of benzene rings is 1. The molecule has 0 spiro atoms. The first-order valence-corrected chi connectivity index (χ1v) is 13.3. The second kappa shape index (κ2) is 8.77. The molecular weight excluding hydrogens is 534 g/mol. The highest BCUT2D eigenvalue weighted by Crippen LogP contribution is 2.37. The third-order valence-corrected chi connectivity index (χ3v) is 7.29. The smallest absolute Gasteiger partial charge is 0.410 e. The number of fused-ring (bicyclic) bond motifs is 2. The molecule has 3 aromatic heterocycles. The molecule has 0 radical (unpaired) electrons. The quantitative estimate of drug-likeness (QED) is 0.344. The third kappa shape index (κ3) is 4.53. The van der Waals surface area contributed by atoms with E-state index in [0.29, 0.717) is 36.0 Å². The van der Waals surface area contributed by atoms with Gasteiger partial charge in [0.25, 0.3) is 0 Å². The number of pyridine rings is 1. The van der Waals surface area contributed by atoms with Crippen LogP contribution in [-0.2, 0) is 4.74 Å². The number of rotatable bonds is 2. The summed E-state index contributed by atoms with van der Waals surface area (Å²) in [6.07, 6.45) is 6.46. The van der Waals surface area contributed by atoms with Gasteiger partial charge in [-0.05, 0) is 80.1 Å². The number of nitrogens with zero attached hydrogens (tertiary/aromatic N) is 6. The normalized spacial score (nSPS) is 17.8. The Morgan fingerprint density at radius 3 is 2.73 bits per heavy atom. The number of halogens is 1. The summed E-state index contributed by atoms with van der Waals surface area (Å²) in [7, 11) is 0. The molecule has 190 valence electrons. The van der Waals surface area contributed by atoms with Crippen molar-refractivity contribution in [3.05, 3.63) is 46.5 Å². The van der Waals surface area contributed by atoms with Crippen molar-refractivity contribution in [1.82, 2.24) is 29.2 Å². The second-order valence-electron chi connectivity index (χ2n) is 10.7. The van der Waals surface area contributed by atoms with E-state index in [1.165, 1.54) is 12.8 Å². The number of hydrogen-bond donors (Lipinski definition) is 1. The van der Waals surface area contributed by atoms with Crippen molar-refractivity contribution < 1.29 is 9.53 Å². The fraction of sp³-hybridized carbons (Fsp3) is 0.407. The van der Waals surface area contributed by atoms with Crippen molar-refractivity contribution in [2.24, 2.45) is 0 Å². The average molecular weight is 562 g/mol. The van der Waals surface area contributed by atoms with Gasteiger partial charge >= 0.3 is 6.09 Å². The number of anilines is 1. The van der Waals surface area contributed by atoms with Gasteiger partial charge in [-0.2, -0.15) is 5.10 Å². The lowest BCUT2D eigenvalue weighted by Gasteiger charge is -2.24. The maximum atomic E-state index is 12.6. The Morgan fingerprint density at radius 2 is 1.97 bits per heavy atom. The lowest BCUT2D eigenvalue weighted by molar-refractivity contribution is 0.0288. The number of nitrogen functional groups attached to an aromatic ring is 1. The summed E-state index contributed by atoms with van der Waals surface area (Å²) < 4.78 is 10.5. The van der Waals surface area contributed by atoms with E-state index in [1.54, 1.807) is 11.1 Å². The van der Waals surface area contributed by atoms with Gasteiger partial charge in [-0.3, -0.25) is 4.68 Å². The van der Waals surface area contributed by atoms with E-state index in [9.17, 15) is 4.79 Å². The molecule has 2 fully saturated rings. The zero-order chi connectivity index (χ0) is 25.9. The van der Waals surface area contributed by atoms with E-state index in [-0.39, 0.29) is 12.1 Å². The van der Waals surface area contributed by atoms with Crippen LogP contribution in [0.5, 0.6) is 0 Å². The molecule has 4 aromatic rings. The zero-order valence-corrected chi connectivity index (χ0v) is 22.6. The van der Waals surface area contributed by atoms with Gasteiger partial charge in [-0.1, -0.05) is 5.92 Å². The monoisotopic (exact) mass is 561 g/mol. The first-order chi connectivity index (χ1) is 17.7. The molecule has 1 saturated heterocycles. The van der Waals surface area contributed by atoms with Crippen molar-refractivity contribution in [3.8, 4) is 11.8 Å². The van der Waals surface area contributed by atoms with Crippen LogP contribution in [0.2, 0.25) is 0 Å². The molecular formula is C27H28BrN7O2. The summed E-state index contributed by atoms with van der Waals surface area (Å²) in [5.41, 5.74) is 10.1. The molecule has 1 atom stereocenters. The lowest BCUT2D eigenvalue weighted by atomic mass is 10.1. The van der Waals surface area contributed by atoms with Crippen LogP contribution in [0.1, 0.15) is 63.4 Å². The molecule has 6 rings (SSSR count). The Bertz CT molecular complexity index is 1600. The Hall–Kier alpha value is -3.58. The lowest BCUT2D eigenvalue weighted by Crippen LogP contribution is -2.35. The van der Waals surface area contributed by atoms with E-state index < -0.39 is 5.60 Å². The van der Waals surface area contributed by atoms with Crippen LogP contribution in [0.4, 0.5) is 10.6 Å². The second-order valence-corrected chi connectivity index (χ2v) is 11.6. The number of imidazole rings is 1. The third-order valence-electron chi connectivity index (χ3n) is 6.71. The molecule has 1 aromatic carbocycles. The van der Waals surface area contributed by atoms with Crippen molar-refractivity contribution in [2.45, 2.75) is 57.7 Å². The fourth-order valence-electron chi connectivity index (χ4n) is 4.83. The highest BCUT2D eigenvalue weighted by molar-refractivity contribution is 9.10. The molecule has 37 heavy (non-hydrogen) atoms. The number of nitrogens with two attached hydrogens (primary N) is 1. The van der Waals surface area contributed by atoms with E-state index in [0.717, 1.165) is 33.0 Å². The molecule has 1 amide bonds. The summed E-state index contributed by atoms with van der Waals surface area (Å²) in [6.45, 7) is 6.69. The van der Waals surface area contributed by atoms with Gasteiger partial charge in [0.1, 0.15) is 17.1 Å². The van der Waals surface area contributed by atoms with Crippen molar-refractivity contribution >= 4 is 49.8 Å². The number of hydrogen-bond acceptors (Lipinski definition) is 6. The van der Waals surface area contributed by atoms with Crippen molar-refractivity contribution in [3.63, 3.8) is 0 Å². The zero-order valence-electron chi connectivity index (χ0n) is 21.0. The summed E-state index contributed by atoms with van der Waals surface area (Å²) in [5, 5.41) is 5.57. The Balaban J connectivity index is 1.34. The van der Waals surface area contributed by atoms with Gasteiger partial charge in [0, 0.05) is 30.9 Å². The topological polar surface area (TPSA) is 104 Å². The Morgan fingerprint density at radius 1 is 1.16 bits per heavy atom. The molecule has 1 aliphatic carbocycles. The number of aromatic nitrogens is 5. The van der Waals surface area contributed by atoms with Crippen LogP contribution in [0.3, 0.4) is 0 Å². The van der Waals surface area contributed by atoms with Gasteiger partial charge in [0.15, 0.2) is 0 Å². The molecule has 1 aliphatic heterocycles. The van der Waals surface area contributed by atoms with Gasteiger partial charge in [0.05, 0.1) is 38.8 Å². The SMILES string of the molecule is CC(C)(C)OC(=O)N1CC[C@H](n2nc(C#Cc3ccc4c(c3)ncn4C3CC3)c3c(N)ncc(Br)c32)C1. The molecule has 2 aliphatic rings. The summed E-state index contributed by atoms with van der Waals surface area (Å²) in [5.74, 6) is 6.84. The van der Waals surface area contributed by atoms with Crippen LogP contribution in [0.15, 0.2) is 35.2 Å². The molecule has 0 unspecified atom stereocenters. The predicted molar refractivity (Wildman–Crippen MR) is 145 cm³/mol. The van der Waals surface area contributed by atoms with Crippen molar-refractivity contribution in [1.29, 1.82) is 0 Å². The molecule has 2 N–H and O–H groups in total. The number of likely N-dealkylation sites (tertiary alicyclic amines) is 1. The summed E-state index contributed by atoms with van der Waals surface area (Å²) in [4.78, 5) is 23.2. The molecule has 1 saturated carbocycles. The molecule has 0 bridgehead atoms. The average Bonchev–Trinajstić information content (AvgIpc) is 3.26. The first kappa shape index (κ1) is 23.8. The van der Waals surface area contributed by atoms with E-state index in [4.69, 9.17) is 15.6 Å². The van der Waals surface area contributed by atoms with Crippen LogP contribution in [0, 0.1) is 11.8 Å². The standard InChI is InChI=1S/C27H28BrN7O2/c1-27(2,3)37-26(36)33-11-10-18(14-33)35-24-19(28)13-30-25(29)23(24)20(32-35)8-4-16-5-9-22-21(12-16)31-15-34(22)17-6-7-17/h5,9,12-13,15,17-18H,6-7,10-11,14H2,1-3H3,(H2,29,30)/t18-/m0/s1. The minimum Gasteiger partial charge on any atom is -0.444 e. The van der Waals surface area contributed by atoms with E-state index in [1.807, 2.05) is 43.9 Å². The first-order valence-electron chi connectivity index (χ1n) is 12.5. The highest BCUT2D eigenvalue weighted by Gasteiger charge is 2.33. The molecule has 9 nitrogen and oxygen atoms in total. The van der Waals surface area contributed by atoms with Crippen LogP contribution in [-0.4, -0.2) is 54.0 Å². The van der Waals surface area contributed by atoms with Crippen LogP contribution < -0.4 is 5.73 Å². The van der Waals surface area contributed by atoms with Gasteiger partial charge in [-0.25, -0.2) is 14.8 Å². The largest absolute Gasteiger partial charge is 0.444 e. The Labute approximate surface area is 223 Å². The Kier molecular flexibility index (Phi) is 5.64. The number of carbonyl (C=O) groups is 1. The van der Waals surface area contributed by atoms with Crippen LogP contribution >= 0.6 is 15.9 Å². The van der Waals surface area contributed by atoms with Crippen molar-refractivity contribution in [2.75, 3.05) is 18.8 Å². The molecule has 10 heteroatoms. The fourth-order valence-corrected chi connectivity index (χ4v) is 5.31. The van der Waals surface area contributed by atoms with E-state index in [2.05, 4.69) is 48.4 Å². The number of carbonyl (C=O) groups excluding carboxylic acids is 1. The van der Waals surface area contributed by atoms with Gasteiger partial charge in [-0.15, -0.1) is 0 Å². The van der Waals surface area contributed by atoms with Gasteiger partial charge < -0.3 is 19.9 Å². The number of amides is 1. The minimum atomic E-state index is -0.543.